The van der Waals surface area contributed by atoms with Gasteiger partial charge in [0.15, 0.2) is 5.78 Å². The normalized spacial score (nSPS) is 19.1. The second kappa shape index (κ2) is 6.45. The largest absolute Gasteiger partial charge is 0.487 e. The monoisotopic (exact) mass is 430 g/mol. The molecule has 0 bridgehead atoms. The van der Waals surface area contributed by atoms with E-state index in [2.05, 4.69) is 20.3 Å². The number of anilines is 1. The van der Waals surface area contributed by atoms with Crippen molar-refractivity contribution in [2.45, 2.75) is 44.9 Å². The van der Waals surface area contributed by atoms with E-state index < -0.39 is 17.2 Å². The van der Waals surface area contributed by atoms with Crippen molar-refractivity contribution in [3.63, 3.8) is 0 Å². The fourth-order valence-electron chi connectivity index (χ4n) is 4.01. The fraction of sp³-hybridized carbons (Fsp3) is 0.409. The molecule has 2 aliphatic rings. The minimum Gasteiger partial charge on any atom is -0.487 e. The third-order valence-electron chi connectivity index (χ3n) is 6.04. The van der Waals surface area contributed by atoms with Crippen LogP contribution in [0.4, 0.5) is 19.1 Å². The number of alkyl halides is 3. The molecule has 0 radical (unpaired) electrons. The van der Waals surface area contributed by atoms with Gasteiger partial charge in [-0.05, 0) is 44.4 Å². The van der Waals surface area contributed by atoms with Crippen molar-refractivity contribution in [1.82, 2.24) is 15.0 Å². The Kier molecular flexibility index (Phi) is 4.13. The number of hydrogen-bond donors (Lipinski definition) is 2. The number of benzene rings is 1. The predicted octanol–water partition coefficient (Wildman–Crippen LogP) is 5.12. The zero-order valence-electron chi connectivity index (χ0n) is 17.1. The zero-order chi connectivity index (χ0) is 22.0. The van der Waals surface area contributed by atoms with Crippen molar-refractivity contribution >= 4 is 22.8 Å². The van der Waals surface area contributed by atoms with Crippen LogP contribution in [0.25, 0.3) is 22.2 Å². The average molecular weight is 430 g/mol. The molecule has 0 unspecified atom stereocenters. The molecule has 1 aliphatic heterocycles. The number of fused-ring (bicyclic) bond motifs is 2. The smallest absolute Gasteiger partial charge is 0.396 e. The van der Waals surface area contributed by atoms with Crippen molar-refractivity contribution in [2.75, 3.05) is 11.9 Å². The Morgan fingerprint density at radius 1 is 1.23 bits per heavy atom. The second-order valence-electron chi connectivity index (χ2n) is 8.96. The standard InChI is InChI=1S/C22H21F3N4O2/c1-20(2)8-16(30)13-4-3-12(7-17(13)31-20)14-9-26-18-15(14)10-27-19(29-18)28-11-21(5-6-21)22(23,24)25/h3-4,7,9-10H,5-6,8,11H2,1-2H3,(H2,26,27,28,29). The van der Waals surface area contributed by atoms with Gasteiger partial charge in [0, 0.05) is 29.9 Å². The lowest BCUT2D eigenvalue weighted by Crippen LogP contribution is -2.35. The third-order valence-corrected chi connectivity index (χ3v) is 6.04. The number of carbonyl (C=O) groups excluding carboxylic acids is 1. The Balaban J connectivity index is 1.42. The third kappa shape index (κ3) is 3.41. The molecule has 162 valence electrons. The molecule has 5 rings (SSSR count). The Morgan fingerprint density at radius 2 is 2.00 bits per heavy atom. The number of Topliss-reactive ketones (excluding diaryl/α,β-unsaturated/α-hetero) is 1. The van der Waals surface area contributed by atoms with Gasteiger partial charge < -0.3 is 15.0 Å². The molecule has 0 amide bonds. The van der Waals surface area contributed by atoms with Gasteiger partial charge in [0.25, 0.3) is 0 Å². The molecule has 0 atom stereocenters. The molecule has 1 aliphatic carbocycles. The summed E-state index contributed by atoms with van der Waals surface area (Å²) in [6, 6.07) is 5.42. The number of aromatic amines is 1. The van der Waals surface area contributed by atoms with Crippen molar-refractivity contribution in [2.24, 2.45) is 5.41 Å². The Labute approximate surface area is 176 Å². The minimum atomic E-state index is -4.23. The van der Waals surface area contributed by atoms with Gasteiger partial charge in [0.05, 0.1) is 17.4 Å². The number of ketones is 1. The summed E-state index contributed by atoms with van der Waals surface area (Å²) in [6.07, 6.45) is -0.312. The Bertz CT molecular complexity index is 1200. The number of ether oxygens (including phenoxy) is 1. The van der Waals surface area contributed by atoms with E-state index in [1.807, 2.05) is 26.0 Å². The molecule has 3 heterocycles. The number of nitrogens with zero attached hydrogens (tertiary/aromatic N) is 2. The summed E-state index contributed by atoms with van der Waals surface area (Å²) in [5.41, 5.74) is 0.484. The van der Waals surface area contributed by atoms with Gasteiger partial charge in [-0.2, -0.15) is 18.2 Å². The van der Waals surface area contributed by atoms with E-state index in [4.69, 9.17) is 4.74 Å². The summed E-state index contributed by atoms with van der Waals surface area (Å²) >= 11 is 0. The molecule has 9 heteroatoms. The van der Waals surface area contributed by atoms with Crippen LogP contribution in [0.15, 0.2) is 30.6 Å². The average Bonchev–Trinajstić information content (AvgIpc) is 3.38. The SMILES string of the molecule is CC1(C)CC(=O)c2ccc(-c3c[nH]c4nc(NCC5(C(F)(F)F)CC5)ncc34)cc2O1. The molecule has 31 heavy (non-hydrogen) atoms. The highest BCUT2D eigenvalue weighted by Crippen LogP contribution is 2.57. The summed E-state index contributed by atoms with van der Waals surface area (Å²) in [5, 5.41) is 3.46. The number of carbonyl (C=O) groups is 1. The molecule has 0 saturated heterocycles. The van der Waals surface area contributed by atoms with Crippen LogP contribution in [0, 0.1) is 5.41 Å². The van der Waals surface area contributed by atoms with Crippen LogP contribution >= 0.6 is 0 Å². The molecule has 2 N–H and O–H groups in total. The van der Waals surface area contributed by atoms with Crippen molar-refractivity contribution in [3.05, 3.63) is 36.2 Å². The van der Waals surface area contributed by atoms with E-state index in [1.54, 1.807) is 18.5 Å². The van der Waals surface area contributed by atoms with E-state index in [1.165, 1.54) is 0 Å². The molecule has 1 fully saturated rings. The molecule has 2 aromatic heterocycles. The van der Waals surface area contributed by atoms with Gasteiger partial charge in [-0.15, -0.1) is 0 Å². The van der Waals surface area contributed by atoms with E-state index >= 15 is 0 Å². The first-order valence-electron chi connectivity index (χ1n) is 10.1. The van der Waals surface area contributed by atoms with Gasteiger partial charge in [0.1, 0.15) is 17.0 Å². The molecule has 6 nitrogen and oxygen atoms in total. The number of rotatable bonds is 4. The topological polar surface area (TPSA) is 79.9 Å². The van der Waals surface area contributed by atoms with Crippen LogP contribution in [0.1, 0.15) is 43.5 Å². The quantitative estimate of drug-likeness (QED) is 0.600. The van der Waals surface area contributed by atoms with Crippen molar-refractivity contribution in [3.8, 4) is 16.9 Å². The zero-order valence-corrected chi connectivity index (χ0v) is 17.1. The van der Waals surface area contributed by atoms with Crippen LogP contribution in [-0.4, -0.2) is 39.1 Å². The molecular weight excluding hydrogens is 409 g/mol. The van der Waals surface area contributed by atoms with Crippen LogP contribution < -0.4 is 10.1 Å². The van der Waals surface area contributed by atoms with Crippen molar-refractivity contribution in [1.29, 1.82) is 0 Å². The number of halogens is 3. The lowest BCUT2D eigenvalue weighted by Gasteiger charge is -2.31. The number of H-pyrrole nitrogens is 1. The molecule has 0 spiro atoms. The van der Waals surface area contributed by atoms with E-state index in [9.17, 15) is 18.0 Å². The number of nitrogens with one attached hydrogen (secondary N) is 2. The lowest BCUT2D eigenvalue weighted by molar-refractivity contribution is -0.182. The first-order valence-corrected chi connectivity index (χ1v) is 10.1. The van der Waals surface area contributed by atoms with E-state index in [0.717, 1.165) is 16.5 Å². The van der Waals surface area contributed by atoms with Crippen LogP contribution in [-0.2, 0) is 0 Å². The van der Waals surface area contributed by atoms with Gasteiger partial charge in [-0.1, -0.05) is 6.07 Å². The minimum absolute atomic E-state index is 0.0445. The van der Waals surface area contributed by atoms with Crippen LogP contribution in [0.5, 0.6) is 5.75 Å². The molecule has 1 saturated carbocycles. The Hall–Kier alpha value is -3.10. The first kappa shape index (κ1) is 19.8. The molecular formula is C22H21F3N4O2. The summed E-state index contributed by atoms with van der Waals surface area (Å²) in [7, 11) is 0. The predicted molar refractivity (Wildman–Crippen MR) is 109 cm³/mol. The first-order chi connectivity index (χ1) is 14.6. The maximum Gasteiger partial charge on any atom is 0.396 e. The summed E-state index contributed by atoms with van der Waals surface area (Å²) in [5.74, 6) is 0.731. The van der Waals surface area contributed by atoms with Gasteiger partial charge >= 0.3 is 6.18 Å². The van der Waals surface area contributed by atoms with Gasteiger partial charge in [-0.25, -0.2) is 4.98 Å². The Morgan fingerprint density at radius 3 is 2.71 bits per heavy atom. The van der Waals surface area contributed by atoms with E-state index in [0.29, 0.717) is 23.4 Å². The number of aromatic nitrogens is 3. The highest BCUT2D eigenvalue weighted by Gasteiger charge is 2.62. The summed E-state index contributed by atoms with van der Waals surface area (Å²) < 4.78 is 45.3. The van der Waals surface area contributed by atoms with Crippen molar-refractivity contribution < 1.29 is 22.7 Å². The summed E-state index contributed by atoms with van der Waals surface area (Å²) in [6.45, 7) is 3.51. The second-order valence-corrected chi connectivity index (χ2v) is 8.96. The lowest BCUT2D eigenvalue weighted by atomic mass is 9.91. The molecule has 1 aromatic carbocycles. The highest BCUT2D eigenvalue weighted by molar-refractivity contribution is 6.02. The maximum absolute atomic E-state index is 13.1. The fourth-order valence-corrected chi connectivity index (χ4v) is 4.01. The summed E-state index contributed by atoms with van der Waals surface area (Å²) in [4.78, 5) is 24.0. The van der Waals surface area contributed by atoms with Crippen LogP contribution in [0.3, 0.4) is 0 Å². The number of hydrogen-bond acceptors (Lipinski definition) is 5. The molecule has 3 aromatic rings. The van der Waals surface area contributed by atoms with Gasteiger partial charge in [-0.3, -0.25) is 4.79 Å². The maximum atomic E-state index is 13.1. The van der Waals surface area contributed by atoms with E-state index in [-0.39, 0.29) is 31.1 Å². The van der Waals surface area contributed by atoms with Crippen LogP contribution in [0.2, 0.25) is 0 Å². The highest BCUT2D eigenvalue weighted by atomic mass is 19.4. The van der Waals surface area contributed by atoms with Gasteiger partial charge in [0.2, 0.25) is 5.95 Å².